The third kappa shape index (κ3) is 3.47. The molecule has 1 amide bonds. The van der Waals surface area contributed by atoms with Crippen LogP contribution in [-0.2, 0) is 11.3 Å². The predicted octanol–water partition coefficient (Wildman–Crippen LogP) is 1.13. The third-order valence-corrected chi connectivity index (χ3v) is 2.71. The molecule has 0 radical (unpaired) electrons. The molecule has 0 spiro atoms. The van der Waals surface area contributed by atoms with Crippen molar-refractivity contribution in [2.75, 3.05) is 13.7 Å². The maximum atomic E-state index is 11.5. The second-order valence-corrected chi connectivity index (χ2v) is 3.68. The average Bonchev–Trinajstić information content (AvgIpc) is 2.67. The quantitative estimate of drug-likeness (QED) is 0.585. The number of aliphatic hydroxyl groups is 1. The van der Waals surface area contributed by atoms with Crippen LogP contribution in [0.4, 0.5) is 0 Å². The van der Waals surface area contributed by atoms with Crippen molar-refractivity contribution in [1.29, 1.82) is 0 Å². The van der Waals surface area contributed by atoms with Crippen molar-refractivity contribution >= 4 is 17.2 Å². The summed E-state index contributed by atoms with van der Waals surface area (Å²) in [6.45, 7) is 0.0176. The summed E-state index contributed by atoms with van der Waals surface area (Å²) in [7, 11) is 1.40. The molecule has 0 aromatic carbocycles. The summed E-state index contributed by atoms with van der Waals surface area (Å²) < 4.78 is 0. The number of hydroxylamine groups is 1. The predicted molar refractivity (Wildman–Crippen MR) is 58.7 cm³/mol. The minimum atomic E-state index is -0.236. The van der Waals surface area contributed by atoms with Crippen LogP contribution in [0.3, 0.4) is 0 Å². The van der Waals surface area contributed by atoms with Crippen LogP contribution in [0.25, 0.3) is 0 Å². The highest BCUT2D eigenvalue weighted by atomic mass is 32.1. The Morgan fingerprint density at radius 3 is 3.13 bits per heavy atom. The first kappa shape index (κ1) is 11.9. The first-order chi connectivity index (χ1) is 7.29. The molecule has 0 saturated carbocycles. The summed E-state index contributed by atoms with van der Waals surface area (Å²) in [6, 6.07) is 1.89. The molecule has 0 aliphatic heterocycles. The number of rotatable bonds is 5. The first-order valence-electron chi connectivity index (χ1n) is 4.45. The summed E-state index contributed by atoms with van der Waals surface area (Å²) in [5, 5.41) is 10.4. The van der Waals surface area contributed by atoms with Crippen molar-refractivity contribution in [2.45, 2.75) is 6.42 Å². The molecule has 0 fully saturated rings. The molecule has 0 bridgehead atoms. The molecule has 1 aromatic rings. The van der Waals surface area contributed by atoms with Crippen LogP contribution in [0.2, 0.25) is 0 Å². The van der Waals surface area contributed by atoms with Gasteiger partial charge >= 0.3 is 0 Å². The molecule has 82 valence electrons. The lowest BCUT2D eigenvalue weighted by Gasteiger charge is -2.01. The number of carbonyl (C=O) groups excluding carboxylic acids is 1. The van der Waals surface area contributed by atoms with Gasteiger partial charge in [0, 0.05) is 0 Å². The van der Waals surface area contributed by atoms with Crippen LogP contribution < -0.4 is 5.48 Å². The average molecular weight is 227 g/mol. The van der Waals surface area contributed by atoms with Gasteiger partial charge in [-0.05, 0) is 23.4 Å². The lowest BCUT2D eigenvalue weighted by molar-refractivity contribution is 0.0541. The fourth-order valence-corrected chi connectivity index (χ4v) is 1.94. The number of aliphatic hydroxyl groups excluding tert-OH is 1. The Kier molecular flexibility index (Phi) is 5.03. The molecule has 15 heavy (non-hydrogen) atoms. The lowest BCUT2D eigenvalue weighted by atomic mass is 10.2. The minimum Gasteiger partial charge on any atom is -0.392 e. The van der Waals surface area contributed by atoms with E-state index in [1.807, 2.05) is 17.5 Å². The number of carbonyl (C=O) groups is 1. The van der Waals surface area contributed by atoms with E-state index in [-0.39, 0.29) is 12.5 Å². The number of thiophene rings is 1. The van der Waals surface area contributed by atoms with Crippen molar-refractivity contribution < 1.29 is 14.7 Å². The number of hydrogen-bond acceptors (Lipinski definition) is 4. The van der Waals surface area contributed by atoms with Gasteiger partial charge in [0.1, 0.15) is 0 Å². The molecule has 0 unspecified atom stereocenters. The molecule has 1 heterocycles. The normalized spacial score (nSPS) is 10.8. The van der Waals surface area contributed by atoms with Crippen molar-refractivity contribution in [3.8, 4) is 0 Å². The van der Waals surface area contributed by atoms with Crippen molar-refractivity contribution in [2.24, 2.45) is 0 Å². The Balaban J connectivity index is 2.68. The second-order valence-electron chi connectivity index (χ2n) is 2.77. The van der Waals surface area contributed by atoms with E-state index in [1.165, 1.54) is 18.4 Å². The molecule has 4 nitrogen and oxygen atoms in total. The zero-order valence-electron chi connectivity index (χ0n) is 8.40. The monoisotopic (exact) mass is 227 g/mol. The molecule has 1 aromatic heterocycles. The molecule has 0 saturated heterocycles. The Bertz CT molecular complexity index is 346. The van der Waals surface area contributed by atoms with E-state index < -0.39 is 0 Å². The fourth-order valence-electron chi connectivity index (χ4n) is 1.12. The van der Waals surface area contributed by atoms with E-state index >= 15 is 0 Å². The van der Waals surface area contributed by atoms with Gasteiger partial charge in [0.25, 0.3) is 5.91 Å². The smallest absolute Gasteiger partial charge is 0.285 e. The molecule has 0 aliphatic carbocycles. The van der Waals surface area contributed by atoms with Gasteiger partial charge in [0.15, 0.2) is 0 Å². The van der Waals surface area contributed by atoms with E-state index in [4.69, 9.17) is 5.11 Å². The topological polar surface area (TPSA) is 58.6 Å². The van der Waals surface area contributed by atoms with Crippen LogP contribution in [0.15, 0.2) is 23.6 Å². The highest BCUT2D eigenvalue weighted by Crippen LogP contribution is 2.17. The van der Waals surface area contributed by atoms with E-state index in [2.05, 4.69) is 10.3 Å². The summed E-state index contributed by atoms with van der Waals surface area (Å²) in [4.78, 5) is 16.7. The highest BCUT2D eigenvalue weighted by Gasteiger charge is 2.11. The van der Waals surface area contributed by atoms with Gasteiger partial charge in [-0.25, -0.2) is 5.48 Å². The zero-order valence-corrected chi connectivity index (χ0v) is 9.21. The molecular formula is C10H13NO3S. The van der Waals surface area contributed by atoms with Crippen LogP contribution in [0.5, 0.6) is 0 Å². The zero-order chi connectivity index (χ0) is 11.1. The van der Waals surface area contributed by atoms with Gasteiger partial charge in [0.2, 0.25) is 0 Å². The largest absolute Gasteiger partial charge is 0.392 e. The van der Waals surface area contributed by atoms with Crippen molar-refractivity contribution in [3.05, 3.63) is 34.0 Å². The Morgan fingerprint density at radius 1 is 1.67 bits per heavy atom. The van der Waals surface area contributed by atoms with Crippen molar-refractivity contribution in [1.82, 2.24) is 5.48 Å². The summed E-state index contributed by atoms with van der Waals surface area (Å²) >= 11 is 1.37. The molecular weight excluding hydrogens is 214 g/mol. The van der Waals surface area contributed by atoms with Gasteiger partial charge in [-0.3, -0.25) is 9.63 Å². The molecule has 0 aliphatic rings. The van der Waals surface area contributed by atoms with Crippen molar-refractivity contribution in [3.63, 3.8) is 0 Å². The third-order valence-electron chi connectivity index (χ3n) is 1.76. The summed E-state index contributed by atoms with van der Waals surface area (Å²) in [5.41, 5.74) is 3.21. The molecule has 0 atom stereocenters. The summed E-state index contributed by atoms with van der Waals surface area (Å²) in [5.74, 6) is -0.236. The number of hydrogen-bond donors (Lipinski definition) is 2. The second kappa shape index (κ2) is 6.34. The van der Waals surface area contributed by atoms with Gasteiger partial charge in [-0.1, -0.05) is 12.2 Å². The summed E-state index contributed by atoms with van der Waals surface area (Å²) in [6.07, 6.45) is 4.11. The van der Waals surface area contributed by atoms with Gasteiger partial charge in [0.05, 0.1) is 18.6 Å². The van der Waals surface area contributed by atoms with Crippen LogP contribution in [0, 0.1) is 0 Å². The fraction of sp³-hybridized carbons (Fsp3) is 0.300. The Morgan fingerprint density at radius 2 is 2.47 bits per heavy atom. The highest BCUT2D eigenvalue weighted by molar-refractivity contribution is 7.12. The first-order valence-corrected chi connectivity index (χ1v) is 5.33. The van der Waals surface area contributed by atoms with Gasteiger partial charge in [-0.15, -0.1) is 11.3 Å². The Hall–Kier alpha value is -1.17. The number of nitrogens with one attached hydrogen (secondary N) is 1. The lowest BCUT2D eigenvalue weighted by Crippen LogP contribution is -2.21. The maximum Gasteiger partial charge on any atom is 0.285 e. The maximum absolute atomic E-state index is 11.5. The van der Waals surface area contributed by atoms with Crippen LogP contribution >= 0.6 is 11.3 Å². The van der Waals surface area contributed by atoms with E-state index in [9.17, 15) is 4.79 Å². The van der Waals surface area contributed by atoms with E-state index in [0.29, 0.717) is 11.3 Å². The molecule has 5 heteroatoms. The standard InChI is InChI=1S/C10H13NO3S/c1-14-11-10(13)9-8(5-7-15-9)4-2-3-6-12/h2-3,5,7,12H,4,6H2,1H3,(H,11,13). The molecule has 2 N–H and O–H groups in total. The Labute approximate surface area is 92.1 Å². The molecule has 1 rings (SSSR count). The minimum absolute atomic E-state index is 0.0176. The van der Waals surface area contributed by atoms with Gasteiger partial charge < -0.3 is 5.11 Å². The van der Waals surface area contributed by atoms with E-state index in [1.54, 1.807) is 6.08 Å². The van der Waals surface area contributed by atoms with E-state index in [0.717, 1.165) is 5.56 Å². The van der Waals surface area contributed by atoms with Crippen LogP contribution in [-0.4, -0.2) is 24.7 Å². The number of allylic oxidation sites excluding steroid dienone is 1. The van der Waals surface area contributed by atoms with Crippen LogP contribution in [0.1, 0.15) is 15.2 Å². The van der Waals surface area contributed by atoms with Gasteiger partial charge in [-0.2, -0.15) is 0 Å². The SMILES string of the molecule is CONC(=O)c1sccc1CC=CCO. The number of amides is 1.